The highest BCUT2D eigenvalue weighted by Crippen LogP contribution is 1.95. The fourth-order valence-corrected chi connectivity index (χ4v) is 1.07. The summed E-state index contributed by atoms with van der Waals surface area (Å²) in [6.45, 7) is 3.85. The van der Waals surface area contributed by atoms with Crippen molar-refractivity contribution in [3.63, 3.8) is 0 Å². The van der Waals surface area contributed by atoms with Crippen LogP contribution in [0.2, 0.25) is 0 Å². The Labute approximate surface area is 79.7 Å². The van der Waals surface area contributed by atoms with Crippen molar-refractivity contribution in [2.24, 2.45) is 5.14 Å². The second-order valence-corrected chi connectivity index (χ2v) is 3.96. The summed E-state index contributed by atoms with van der Waals surface area (Å²) in [5, 5.41) is 4.71. The number of hydrogen-bond donors (Lipinski definition) is 2. The van der Waals surface area contributed by atoms with Gasteiger partial charge in [-0.2, -0.15) is 13.1 Å². The van der Waals surface area contributed by atoms with Crippen molar-refractivity contribution in [3.05, 3.63) is 24.8 Å². The Morgan fingerprint density at radius 1 is 1.31 bits per heavy atom. The smallest absolute Gasteiger partial charge is 0.216 e. The molecule has 0 aromatic rings. The molecule has 0 unspecified atom stereocenters. The van der Waals surface area contributed by atoms with Crippen LogP contribution in [0.5, 0.6) is 0 Å². The van der Waals surface area contributed by atoms with Crippen molar-refractivity contribution in [1.29, 1.82) is 0 Å². The number of unbranched alkanes of at least 4 members (excludes halogenated alkanes) is 2. The van der Waals surface area contributed by atoms with Crippen LogP contribution in [-0.4, -0.2) is 15.0 Å². The Balaban J connectivity index is 3.37. The van der Waals surface area contributed by atoms with Gasteiger partial charge in [0.1, 0.15) is 0 Å². The monoisotopic (exact) mass is 204 g/mol. The predicted octanol–water partition coefficient (Wildman–Crippen LogP) is 0.692. The second kappa shape index (κ2) is 6.82. The Morgan fingerprint density at radius 3 is 2.54 bits per heavy atom. The normalized spacial score (nSPS) is 12.1. The minimum absolute atomic E-state index is 0.257. The van der Waals surface area contributed by atoms with Crippen molar-refractivity contribution in [2.45, 2.75) is 19.3 Å². The van der Waals surface area contributed by atoms with Gasteiger partial charge in [-0.1, -0.05) is 18.2 Å². The third kappa shape index (κ3) is 11.3. The standard InChI is InChI=1S/C8H16N2O2S/c1-2-3-4-5-6-7-8-10-13(9,11)12/h2,6-7,10H,1,3-5,8H2,(H2,9,11,12). The van der Waals surface area contributed by atoms with Crippen molar-refractivity contribution < 1.29 is 8.42 Å². The summed E-state index contributed by atoms with van der Waals surface area (Å²) in [5.41, 5.74) is 0. The van der Waals surface area contributed by atoms with Gasteiger partial charge in [0.15, 0.2) is 0 Å². The van der Waals surface area contributed by atoms with Gasteiger partial charge in [-0.25, -0.2) is 5.14 Å². The first-order chi connectivity index (χ1) is 6.06. The van der Waals surface area contributed by atoms with E-state index in [-0.39, 0.29) is 6.54 Å². The molecule has 13 heavy (non-hydrogen) atoms. The van der Waals surface area contributed by atoms with Gasteiger partial charge >= 0.3 is 0 Å². The Hall–Kier alpha value is -0.650. The molecular formula is C8H16N2O2S. The lowest BCUT2D eigenvalue weighted by molar-refractivity contribution is 0.587. The van der Waals surface area contributed by atoms with Crippen molar-refractivity contribution >= 4 is 10.2 Å². The van der Waals surface area contributed by atoms with Gasteiger partial charge in [-0.05, 0) is 19.3 Å². The second-order valence-electron chi connectivity index (χ2n) is 2.58. The average Bonchev–Trinajstić information content (AvgIpc) is 2.01. The maximum atomic E-state index is 10.4. The summed E-state index contributed by atoms with van der Waals surface area (Å²) < 4.78 is 22.9. The van der Waals surface area contributed by atoms with Crippen LogP contribution in [0.4, 0.5) is 0 Å². The molecular weight excluding hydrogens is 188 g/mol. The van der Waals surface area contributed by atoms with Crippen LogP contribution in [-0.2, 0) is 10.2 Å². The predicted molar refractivity (Wildman–Crippen MR) is 54.3 cm³/mol. The molecule has 0 aliphatic carbocycles. The molecule has 0 aromatic carbocycles. The van der Waals surface area contributed by atoms with Crippen molar-refractivity contribution in [1.82, 2.24) is 4.72 Å². The van der Waals surface area contributed by atoms with E-state index in [2.05, 4.69) is 11.3 Å². The molecule has 0 aliphatic heterocycles. The van der Waals surface area contributed by atoms with Crippen LogP contribution < -0.4 is 9.86 Å². The fourth-order valence-electron chi connectivity index (χ4n) is 0.745. The van der Waals surface area contributed by atoms with E-state index in [1.165, 1.54) is 0 Å². The molecule has 3 N–H and O–H groups in total. The fraction of sp³-hybridized carbons (Fsp3) is 0.500. The number of nitrogens with one attached hydrogen (secondary N) is 1. The van der Waals surface area contributed by atoms with Crippen LogP contribution in [0.25, 0.3) is 0 Å². The highest BCUT2D eigenvalue weighted by atomic mass is 32.2. The van der Waals surface area contributed by atoms with E-state index >= 15 is 0 Å². The molecule has 0 radical (unpaired) electrons. The van der Waals surface area contributed by atoms with Crippen LogP contribution >= 0.6 is 0 Å². The van der Waals surface area contributed by atoms with Crippen LogP contribution in [0, 0.1) is 0 Å². The number of rotatable bonds is 7. The van der Waals surface area contributed by atoms with Gasteiger partial charge in [0.25, 0.3) is 10.2 Å². The Bertz CT molecular complexity index is 257. The molecule has 76 valence electrons. The molecule has 0 saturated heterocycles. The van der Waals surface area contributed by atoms with E-state index in [9.17, 15) is 8.42 Å². The zero-order valence-electron chi connectivity index (χ0n) is 7.57. The number of nitrogens with two attached hydrogens (primary N) is 1. The van der Waals surface area contributed by atoms with Crippen LogP contribution in [0.1, 0.15) is 19.3 Å². The molecule has 0 rings (SSSR count). The maximum absolute atomic E-state index is 10.4. The largest absolute Gasteiger partial charge is 0.274 e. The molecule has 0 atom stereocenters. The van der Waals surface area contributed by atoms with Gasteiger partial charge in [-0.15, -0.1) is 6.58 Å². The lowest BCUT2D eigenvalue weighted by atomic mass is 10.2. The van der Waals surface area contributed by atoms with Gasteiger partial charge in [0.2, 0.25) is 0 Å². The van der Waals surface area contributed by atoms with Crippen molar-refractivity contribution in [3.8, 4) is 0 Å². The first kappa shape index (κ1) is 12.3. The summed E-state index contributed by atoms with van der Waals surface area (Å²) in [6, 6.07) is 0. The summed E-state index contributed by atoms with van der Waals surface area (Å²) in [5.74, 6) is 0. The van der Waals surface area contributed by atoms with Crippen molar-refractivity contribution in [2.75, 3.05) is 6.54 Å². The topological polar surface area (TPSA) is 72.2 Å². The zero-order chi connectivity index (χ0) is 10.2. The molecule has 0 saturated carbocycles. The van der Waals surface area contributed by atoms with Gasteiger partial charge in [0, 0.05) is 6.54 Å². The van der Waals surface area contributed by atoms with E-state index in [1.807, 2.05) is 12.2 Å². The quantitative estimate of drug-likeness (QED) is 0.473. The first-order valence-electron chi connectivity index (χ1n) is 4.09. The summed E-state index contributed by atoms with van der Waals surface area (Å²) >= 11 is 0. The SMILES string of the molecule is C=CCCCC=CCNS(N)(=O)=O. The molecule has 0 fully saturated rings. The van der Waals surface area contributed by atoms with E-state index < -0.39 is 10.2 Å². The zero-order valence-corrected chi connectivity index (χ0v) is 8.39. The molecule has 0 bridgehead atoms. The van der Waals surface area contributed by atoms with E-state index in [4.69, 9.17) is 5.14 Å². The minimum Gasteiger partial charge on any atom is -0.216 e. The third-order valence-corrected chi connectivity index (χ3v) is 1.92. The molecule has 5 heteroatoms. The summed E-state index contributed by atoms with van der Waals surface area (Å²) in [7, 11) is -3.54. The first-order valence-corrected chi connectivity index (χ1v) is 5.64. The van der Waals surface area contributed by atoms with E-state index in [1.54, 1.807) is 6.08 Å². The highest BCUT2D eigenvalue weighted by Gasteiger charge is 1.95. The lowest BCUT2D eigenvalue weighted by Gasteiger charge is -1.95. The third-order valence-electron chi connectivity index (χ3n) is 1.35. The Morgan fingerprint density at radius 2 is 2.00 bits per heavy atom. The van der Waals surface area contributed by atoms with E-state index in [0.29, 0.717) is 0 Å². The van der Waals surface area contributed by atoms with Crippen LogP contribution in [0.3, 0.4) is 0 Å². The van der Waals surface area contributed by atoms with Gasteiger partial charge in [-0.3, -0.25) is 0 Å². The molecule has 0 aromatic heterocycles. The molecule has 4 nitrogen and oxygen atoms in total. The van der Waals surface area contributed by atoms with Gasteiger partial charge < -0.3 is 0 Å². The minimum atomic E-state index is -3.54. The molecule has 0 spiro atoms. The molecule has 0 amide bonds. The summed E-state index contributed by atoms with van der Waals surface area (Å²) in [4.78, 5) is 0. The van der Waals surface area contributed by atoms with Gasteiger partial charge in [0.05, 0.1) is 0 Å². The number of hydrogen-bond acceptors (Lipinski definition) is 2. The maximum Gasteiger partial charge on any atom is 0.274 e. The average molecular weight is 204 g/mol. The van der Waals surface area contributed by atoms with E-state index in [0.717, 1.165) is 19.3 Å². The summed E-state index contributed by atoms with van der Waals surface area (Å²) in [6.07, 6.45) is 8.46. The highest BCUT2D eigenvalue weighted by molar-refractivity contribution is 7.87. The number of allylic oxidation sites excluding steroid dienone is 2. The lowest BCUT2D eigenvalue weighted by Crippen LogP contribution is -2.30. The molecule has 0 heterocycles. The molecule has 0 aliphatic rings. The Kier molecular flexibility index (Phi) is 6.48. The van der Waals surface area contributed by atoms with Crippen LogP contribution in [0.15, 0.2) is 24.8 Å².